The van der Waals surface area contributed by atoms with E-state index < -0.39 is 21.5 Å². The van der Waals surface area contributed by atoms with Crippen LogP contribution >= 0.6 is 0 Å². The number of hydrogen-bond donors (Lipinski definition) is 1. The van der Waals surface area contributed by atoms with Gasteiger partial charge in [-0.1, -0.05) is 31.4 Å². The van der Waals surface area contributed by atoms with Crippen LogP contribution in [0.2, 0.25) is 0 Å². The van der Waals surface area contributed by atoms with Crippen LogP contribution in [0, 0.1) is 0 Å². The summed E-state index contributed by atoms with van der Waals surface area (Å²) in [6.07, 6.45) is 6.08. The van der Waals surface area contributed by atoms with E-state index in [1.165, 1.54) is 12.0 Å². The molecular weight excluding hydrogens is 394 g/mol. The van der Waals surface area contributed by atoms with Gasteiger partial charge in [0.05, 0.1) is 25.6 Å². The fourth-order valence-corrected chi connectivity index (χ4v) is 5.01. The number of ether oxygens (including phenoxy) is 1. The summed E-state index contributed by atoms with van der Waals surface area (Å²) in [5.41, 5.74) is -0.945. The van der Waals surface area contributed by atoms with Gasteiger partial charge in [0.2, 0.25) is 21.8 Å². The Morgan fingerprint density at radius 1 is 1.21 bits per heavy atom. The van der Waals surface area contributed by atoms with Crippen molar-refractivity contribution in [1.29, 1.82) is 0 Å². The molecule has 0 unspecified atom stereocenters. The smallest absolute Gasteiger partial charge is 0.247 e. The van der Waals surface area contributed by atoms with Crippen molar-refractivity contribution in [3.8, 4) is 5.75 Å². The highest BCUT2D eigenvalue weighted by atomic mass is 32.2. The molecule has 2 fully saturated rings. The zero-order valence-electron chi connectivity index (χ0n) is 17.2. The fraction of sp³-hybridized carbons (Fsp3) is 0.600. The third-order valence-electron chi connectivity index (χ3n) is 5.76. The first-order chi connectivity index (χ1) is 13.7. The molecule has 0 spiro atoms. The summed E-state index contributed by atoms with van der Waals surface area (Å²) in [6.45, 7) is 1.18. The van der Waals surface area contributed by atoms with Crippen LogP contribution in [0.5, 0.6) is 5.75 Å². The molecule has 160 valence electrons. The maximum atomic E-state index is 13.4. The van der Waals surface area contributed by atoms with Crippen molar-refractivity contribution in [1.82, 2.24) is 9.62 Å². The molecule has 9 heteroatoms. The second-order valence-electron chi connectivity index (χ2n) is 8.01. The molecule has 1 saturated heterocycles. The number of methoxy groups -OCH3 is 1. The molecule has 1 atom stereocenters. The second-order valence-corrected chi connectivity index (χ2v) is 10.00. The molecular formula is C20H29N3O5S. The van der Waals surface area contributed by atoms with Crippen molar-refractivity contribution < 1.29 is 22.7 Å². The number of hydrogen-bond acceptors (Lipinski definition) is 5. The lowest BCUT2D eigenvalue weighted by molar-refractivity contribution is -0.133. The number of rotatable bonds is 5. The zero-order valence-corrected chi connectivity index (χ0v) is 18.0. The van der Waals surface area contributed by atoms with Crippen LogP contribution in [0.3, 0.4) is 0 Å². The van der Waals surface area contributed by atoms with E-state index in [1.54, 1.807) is 31.2 Å². The largest absolute Gasteiger partial charge is 0.495 e. The van der Waals surface area contributed by atoms with Gasteiger partial charge >= 0.3 is 0 Å². The normalized spacial score (nSPS) is 24.4. The van der Waals surface area contributed by atoms with E-state index in [1.807, 2.05) is 0 Å². The van der Waals surface area contributed by atoms with E-state index in [0.29, 0.717) is 11.4 Å². The number of anilines is 1. The number of piperazine rings is 1. The number of nitrogens with zero attached hydrogens (tertiary/aromatic N) is 2. The number of carbonyl (C=O) groups is 2. The fourth-order valence-electron chi connectivity index (χ4n) is 4.18. The molecule has 29 heavy (non-hydrogen) atoms. The van der Waals surface area contributed by atoms with Gasteiger partial charge in [-0.25, -0.2) is 8.42 Å². The number of sulfonamides is 1. The molecule has 1 aromatic rings. The quantitative estimate of drug-likeness (QED) is 0.775. The molecule has 0 bridgehead atoms. The first-order valence-corrected chi connectivity index (χ1v) is 11.7. The lowest BCUT2D eigenvalue weighted by Gasteiger charge is -2.47. The van der Waals surface area contributed by atoms with Crippen molar-refractivity contribution in [2.75, 3.05) is 31.4 Å². The SMILES string of the molecule is COc1ccccc1N1C(=O)CN(S(C)(=O)=O)C[C@@]1(C)C(=O)NC1CCCCC1. The molecule has 2 amide bonds. The van der Waals surface area contributed by atoms with Crippen molar-refractivity contribution in [2.24, 2.45) is 0 Å². The average molecular weight is 424 g/mol. The molecule has 1 N–H and O–H groups in total. The van der Waals surface area contributed by atoms with Gasteiger partial charge in [-0.15, -0.1) is 0 Å². The summed E-state index contributed by atoms with van der Waals surface area (Å²) in [7, 11) is -2.15. The maximum Gasteiger partial charge on any atom is 0.247 e. The molecule has 0 aromatic heterocycles. The van der Waals surface area contributed by atoms with Crippen LogP contribution in [0.4, 0.5) is 5.69 Å². The van der Waals surface area contributed by atoms with Crippen molar-refractivity contribution >= 4 is 27.5 Å². The molecule has 0 radical (unpaired) electrons. The van der Waals surface area contributed by atoms with Gasteiger partial charge < -0.3 is 10.1 Å². The predicted octanol–water partition coefficient (Wildman–Crippen LogP) is 1.51. The van der Waals surface area contributed by atoms with Crippen LogP contribution in [-0.2, 0) is 19.6 Å². The van der Waals surface area contributed by atoms with E-state index in [2.05, 4.69) is 5.32 Å². The summed E-state index contributed by atoms with van der Waals surface area (Å²) in [6, 6.07) is 6.99. The van der Waals surface area contributed by atoms with Crippen LogP contribution in [0.1, 0.15) is 39.0 Å². The minimum Gasteiger partial charge on any atom is -0.495 e. The predicted molar refractivity (Wildman–Crippen MR) is 110 cm³/mol. The summed E-state index contributed by atoms with van der Waals surface area (Å²) in [5, 5.41) is 3.06. The van der Waals surface area contributed by atoms with Gasteiger partial charge in [-0.2, -0.15) is 4.31 Å². The topological polar surface area (TPSA) is 96.0 Å². The minimum absolute atomic E-state index is 0.0382. The monoisotopic (exact) mass is 423 g/mol. The Morgan fingerprint density at radius 3 is 2.48 bits per heavy atom. The van der Waals surface area contributed by atoms with E-state index >= 15 is 0 Å². The van der Waals surface area contributed by atoms with E-state index in [9.17, 15) is 18.0 Å². The molecule has 1 heterocycles. The standard InChI is InChI=1S/C20H29N3O5S/c1-20(19(25)21-15-9-5-4-6-10-15)14-22(29(3,26)27)13-18(24)23(20)16-11-7-8-12-17(16)28-2/h7-8,11-12,15H,4-6,9-10,13-14H2,1-3H3,(H,21,25)/t20-/m0/s1. The highest BCUT2D eigenvalue weighted by Crippen LogP contribution is 2.36. The Labute approximate surface area is 172 Å². The third-order valence-corrected chi connectivity index (χ3v) is 6.96. The molecule has 3 rings (SSSR count). The molecule has 2 aliphatic rings. The van der Waals surface area contributed by atoms with Gasteiger partial charge in [0.15, 0.2) is 0 Å². The summed E-state index contributed by atoms with van der Waals surface area (Å²) >= 11 is 0. The lowest BCUT2D eigenvalue weighted by Crippen LogP contribution is -2.70. The number of amides is 2. The molecule has 1 aromatic carbocycles. The Bertz CT molecular complexity index is 882. The second kappa shape index (κ2) is 8.31. The Balaban J connectivity index is 2.01. The Kier molecular flexibility index (Phi) is 6.19. The maximum absolute atomic E-state index is 13.4. The van der Waals surface area contributed by atoms with Crippen LogP contribution in [0.25, 0.3) is 0 Å². The first kappa shape index (κ1) is 21.6. The van der Waals surface area contributed by atoms with Crippen LogP contribution < -0.4 is 15.0 Å². The molecule has 8 nitrogen and oxygen atoms in total. The van der Waals surface area contributed by atoms with Gasteiger partial charge in [0, 0.05) is 12.6 Å². The molecule has 1 aliphatic heterocycles. The van der Waals surface area contributed by atoms with Crippen molar-refractivity contribution in [3.05, 3.63) is 24.3 Å². The highest BCUT2D eigenvalue weighted by Gasteiger charge is 2.51. The first-order valence-electron chi connectivity index (χ1n) is 9.89. The van der Waals surface area contributed by atoms with Crippen LogP contribution in [-0.4, -0.2) is 62.6 Å². The van der Waals surface area contributed by atoms with Gasteiger partial charge in [-0.05, 0) is 31.9 Å². The number of nitrogens with one attached hydrogen (secondary N) is 1. The van der Waals surface area contributed by atoms with Gasteiger partial charge in [-0.3, -0.25) is 14.5 Å². The zero-order chi connectivity index (χ0) is 21.2. The van der Waals surface area contributed by atoms with E-state index in [0.717, 1.165) is 42.7 Å². The lowest BCUT2D eigenvalue weighted by atomic mass is 9.91. The summed E-state index contributed by atoms with van der Waals surface area (Å²) in [4.78, 5) is 27.9. The van der Waals surface area contributed by atoms with Crippen molar-refractivity contribution in [2.45, 2.75) is 50.6 Å². The molecule has 1 aliphatic carbocycles. The number of benzene rings is 1. The Morgan fingerprint density at radius 2 is 1.86 bits per heavy atom. The third kappa shape index (κ3) is 4.40. The van der Waals surface area contributed by atoms with Gasteiger partial charge in [0.1, 0.15) is 11.3 Å². The number of carbonyl (C=O) groups excluding carboxylic acids is 2. The highest BCUT2D eigenvalue weighted by molar-refractivity contribution is 7.88. The average Bonchev–Trinajstić information content (AvgIpc) is 2.68. The van der Waals surface area contributed by atoms with E-state index in [-0.39, 0.29) is 25.0 Å². The van der Waals surface area contributed by atoms with Crippen molar-refractivity contribution in [3.63, 3.8) is 0 Å². The van der Waals surface area contributed by atoms with Gasteiger partial charge in [0.25, 0.3) is 0 Å². The van der Waals surface area contributed by atoms with E-state index in [4.69, 9.17) is 4.74 Å². The summed E-state index contributed by atoms with van der Waals surface area (Å²) in [5.74, 6) is -0.366. The molecule has 1 saturated carbocycles. The summed E-state index contributed by atoms with van der Waals surface area (Å²) < 4.78 is 30.9. The number of para-hydroxylation sites is 2. The minimum atomic E-state index is -3.64. The Hall–Kier alpha value is -2.13. The van der Waals surface area contributed by atoms with Crippen LogP contribution in [0.15, 0.2) is 24.3 Å².